The number of nitrogens with zero attached hydrogens (tertiary/aromatic N) is 1. The number of aryl methyl sites for hydroxylation is 2. The molecular weight excluding hydrogens is 277 g/mol. The second-order valence-electron chi connectivity index (χ2n) is 5.95. The molecule has 0 aliphatic heterocycles. The molecule has 2 unspecified atom stereocenters. The number of halogens is 1. The lowest BCUT2D eigenvalue weighted by atomic mass is 10.1. The maximum absolute atomic E-state index is 13.7. The Morgan fingerprint density at radius 3 is 2.55 bits per heavy atom. The van der Waals surface area contributed by atoms with Gasteiger partial charge in [0.15, 0.2) is 5.96 Å². The Bertz CT molecular complexity index is 704. The Hall–Kier alpha value is -2.36. The van der Waals surface area contributed by atoms with Crippen molar-refractivity contribution in [1.82, 2.24) is 0 Å². The number of guanidine groups is 1. The van der Waals surface area contributed by atoms with Crippen LogP contribution in [0.1, 0.15) is 29.0 Å². The van der Waals surface area contributed by atoms with Crippen LogP contribution in [-0.4, -0.2) is 12.0 Å². The first-order chi connectivity index (χ1) is 10.5. The molecule has 3 nitrogen and oxygen atoms in total. The van der Waals surface area contributed by atoms with E-state index in [2.05, 4.69) is 16.4 Å². The number of nitrogens with one attached hydrogen (secondary N) is 1. The highest BCUT2D eigenvalue weighted by Gasteiger charge is 2.40. The first-order valence-electron chi connectivity index (χ1n) is 7.46. The van der Waals surface area contributed by atoms with Crippen LogP contribution in [0.15, 0.2) is 47.5 Å². The van der Waals surface area contributed by atoms with Crippen molar-refractivity contribution in [1.29, 1.82) is 0 Å². The molecule has 0 saturated heterocycles. The number of rotatable bonds is 3. The van der Waals surface area contributed by atoms with Crippen LogP contribution in [0, 0.1) is 19.7 Å². The first-order valence-corrected chi connectivity index (χ1v) is 7.46. The average molecular weight is 297 g/mol. The summed E-state index contributed by atoms with van der Waals surface area (Å²) in [6.07, 6.45) is 0.843. The molecule has 114 valence electrons. The van der Waals surface area contributed by atoms with Gasteiger partial charge in [-0.05, 0) is 55.2 Å². The van der Waals surface area contributed by atoms with Gasteiger partial charge in [-0.2, -0.15) is 0 Å². The van der Waals surface area contributed by atoms with E-state index in [4.69, 9.17) is 5.73 Å². The molecule has 2 aromatic rings. The van der Waals surface area contributed by atoms with Crippen molar-refractivity contribution in [2.45, 2.75) is 32.2 Å². The van der Waals surface area contributed by atoms with Gasteiger partial charge in [0.1, 0.15) is 5.82 Å². The second-order valence-corrected chi connectivity index (χ2v) is 5.95. The van der Waals surface area contributed by atoms with Crippen LogP contribution in [0.5, 0.6) is 0 Å². The van der Waals surface area contributed by atoms with E-state index in [1.54, 1.807) is 6.07 Å². The lowest BCUT2D eigenvalue weighted by molar-refractivity contribution is 0.609. The molecule has 0 spiro atoms. The minimum Gasteiger partial charge on any atom is -0.370 e. The highest BCUT2D eigenvalue weighted by molar-refractivity contribution is 5.92. The third-order valence-electron chi connectivity index (χ3n) is 3.86. The van der Waals surface area contributed by atoms with Gasteiger partial charge in [0.05, 0.1) is 6.04 Å². The zero-order chi connectivity index (χ0) is 15.7. The minimum atomic E-state index is -0.161. The summed E-state index contributed by atoms with van der Waals surface area (Å²) in [7, 11) is 0. The topological polar surface area (TPSA) is 50.4 Å². The third kappa shape index (κ3) is 3.27. The summed E-state index contributed by atoms with van der Waals surface area (Å²) < 4.78 is 13.7. The molecule has 1 fully saturated rings. The van der Waals surface area contributed by atoms with Crippen molar-refractivity contribution < 1.29 is 4.39 Å². The number of hydrogen-bond donors (Lipinski definition) is 2. The zero-order valence-electron chi connectivity index (χ0n) is 12.8. The third-order valence-corrected chi connectivity index (χ3v) is 3.86. The molecule has 0 aromatic heterocycles. The summed E-state index contributed by atoms with van der Waals surface area (Å²) in [5.74, 6) is 0.362. The maximum atomic E-state index is 13.7. The van der Waals surface area contributed by atoms with Crippen LogP contribution >= 0.6 is 0 Å². The van der Waals surface area contributed by atoms with E-state index in [-0.39, 0.29) is 17.8 Å². The number of nitrogens with two attached hydrogens (primary N) is 1. The zero-order valence-corrected chi connectivity index (χ0v) is 12.8. The van der Waals surface area contributed by atoms with E-state index in [1.165, 1.54) is 17.2 Å². The quantitative estimate of drug-likeness (QED) is 0.670. The Balaban J connectivity index is 1.68. The van der Waals surface area contributed by atoms with Crippen LogP contribution in [0.2, 0.25) is 0 Å². The summed E-state index contributed by atoms with van der Waals surface area (Å²) >= 11 is 0. The number of hydrogen-bond acceptors (Lipinski definition) is 1. The van der Waals surface area contributed by atoms with Crippen molar-refractivity contribution in [2.75, 3.05) is 5.32 Å². The van der Waals surface area contributed by atoms with E-state index in [9.17, 15) is 4.39 Å². The van der Waals surface area contributed by atoms with Gasteiger partial charge in [0, 0.05) is 11.6 Å². The molecule has 1 saturated carbocycles. The fourth-order valence-electron chi connectivity index (χ4n) is 2.84. The predicted octanol–water partition coefficient (Wildman–Crippen LogP) is 3.73. The molecule has 3 rings (SSSR count). The average Bonchev–Trinajstić information content (AvgIpc) is 3.16. The van der Waals surface area contributed by atoms with Gasteiger partial charge >= 0.3 is 0 Å². The molecular formula is C18H20FN3. The van der Waals surface area contributed by atoms with Crippen molar-refractivity contribution >= 4 is 11.6 Å². The molecule has 1 aliphatic carbocycles. The smallest absolute Gasteiger partial charge is 0.193 e. The van der Waals surface area contributed by atoms with Crippen LogP contribution < -0.4 is 11.1 Å². The van der Waals surface area contributed by atoms with Crippen LogP contribution in [0.3, 0.4) is 0 Å². The molecule has 0 amide bonds. The molecule has 2 aromatic carbocycles. The molecule has 4 heteroatoms. The van der Waals surface area contributed by atoms with Gasteiger partial charge in [-0.15, -0.1) is 0 Å². The first kappa shape index (κ1) is 14.6. The Morgan fingerprint density at radius 2 is 1.86 bits per heavy atom. The largest absolute Gasteiger partial charge is 0.370 e. The highest BCUT2D eigenvalue weighted by atomic mass is 19.1. The van der Waals surface area contributed by atoms with Crippen molar-refractivity contribution in [3.05, 3.63) is 65.0 Å². The number of anilines is 1. The van der Waals surface area contributed by atoms with Crippen molar-refractivity contribution in [3.63, 3.8) is 0 Å². The minimum absolute atomic E-state index is 0.0651. The second kappa shape index (κ2) is 5.79. The van der Waals surface area contributed by atoms with Crippen molar-refractivity contribution in [2.24, 2.45) is 10.7 Å². The molecule has 3 N–H and O–H groups in total. The number of aliphatic imine (C=N–C) groups is 1. The van der Waals surface area contributed by atoms with Crippen LogP contribution in [0.4, 0.5) is 10.1 Å². The van der Waals surface area contributed by atoms with Crippen molar-refractivity contribution in [3.8, 4) is 0 Å². The number of benzene rings is 2. The molecule has 22 heavy (non-hydrogen) atoms. The SMILES string of the molecule is Cc1cc(C)cc(NC(N)=NC2CC2c2ccccc2F)c1. The van der Waals surface area contributed by atoms with E-state index >= 15 is 0 Å². The summed E-state index contributed by atoms with van der Waals surface area (Å²) in [5.41, 5.74) is 9.98. The Kier molecular flexibility index (Phi) is 3.84. The highest BCUT2D eigenvalue weighted by Crippen LogP contribution is 2.44. The van der Waals surface area contributed by atoms with Gasteiger partial charge in [0.25, 0.3) is 0 Å². The fourth-order valence-corrected chi connectivity index (χ4v) is 2.84. The maximum Gasteiger partial charge on any atom is 0.193 e. The van der Waals surface area contributed by atoms with E-state index in [0.29, 0.717) is 5.96 Å². The van der Waals surface area contributed by atoms with Crippen LogP contribution in [0.25, 0.3) is 0 Å². The standard InChI is InChI=1S/C18H20FN3/c1-11-7-12(2)9-13(8-11)21-18(20)22-17-10-15(17)14-5-3-4-6-16(14)19/h3-9,15,17H,10H2,1-2H3,(H3,20,21,22). The Labute approximate surface area is 130 Å². The summed E-state index contributed by atoms with van der Waals surface area (Å²) in [4.78, 5) is 4.46. The molecule has 2 atom stereocenters. The van der Waals surface area contributed by atoms with Gasteiger partial charge in [-0.1, -0.05) is 24.3 Å². The summed E-state index contributed by atoms with van der Waals surface area (Å²) in [6.45, 7) is 4.08. The van der Waals surface area contributed by atoms with E-state index in [0.717, 1.165) is 17.7 Å². The normalized spacial score (nSPS) is 20.8. The summed E-state index contributed by atoms with van der Waals surface area (Å²) in [5, 5.41) is 3.12. The molecule has 1 aliphatic rings. The van der Waals surface area contributed by atoms with Gasteiger partial charge in [0.2, 0.25) is 0 Å². The molecule has 0 heterocycles. The van der Waals surface area contributed by atoms with E-state index in [1.807, 2.05) is 38.1 Å². The van der Waals surface area contributed by atoms with Gasteiger partial charge in [-0.3, -0.25) is 0 Å². The predicted molar refractivity (Wildman–Crippen MR) is 88.7 cm³/mol. The Morgan fingerprint density at radius 1 is 1.18 bits per heavy atom. The molecule has 0 bridgehead atoms. The lowest BCUT2D eigenvalue weighted by Crippen LogP contribution is -2.23. The van der Waals surface area contributed by atoms with E-state index < -0.39 is 0 Å². The van der Waals surface area contributed by atoms with Gasteiger partial charge < -0.3 is 11.1 Å². The molecule has 0 radical (unpaired) electrons. The fraction of sp³-hybridized carbons (Fsp3) is 0.278. The lowest BCUT2D eigenvalue weighted by Gasteiger charge is -2.08. The van der Waals surface area contributed by atoms with Crippen LogP contribution in [-0.2, 0) is 0 Å². The van der Waals surface area contributed by atoms with Gasteiger partial charge in [-0.25, -0.2) is 9.38 Å². The monoisotopic (exact) mass is 297 g/mol. The summed E-state index contributed by atoms with van der Waals surface area (Å²) in [6, 6.07) is 13.1.